The van der Waals surface area contributed by atoms with Crippen molar-refractivity contribution in [2.45, 2.75) is 36.9 Å². The van der Waals surface area contributed by atoms with Crippen LogP contribution in [0.1, 0.15) is 19.8 Å². The molecule has 6 heteroatoms. The molecule has 1 aliphatic rings. The minimum atomic E-state index is -3.22. The molecule has 2 unspecified atom stereocenters. The van der Waals surface area contributed by atoms with Crippen LogP contribution in [-0.4, -0.2) is 33.4 Å². The summed E-state index contributed by atoms with van der Waals surface area (Å²) in [5, 5.41) is 3.68. The minimum absolute atomic E-state index is 0.160. The highest BCUT2D eigenvalue weighted by atomic mass is 35.5. The van der Waals surface area contributed by atoms with Crippen LogP contribution in [0.5, 0.6) is 0 Å². The van der Waals surface area contributed by atoms with Gasteiger partial charge in [0.25, 0.3) is 0 Å². The fourth-order valence-corrected chi connectivity index (χ4v) is 2.96. The van der Waals surface area contributed by atoms with Crippen LogP contribution >= 0.6 is 11.6 Å². The van der Waals surface area contributed by atoms with Crippen LogP contribution in [0.3, 0.4) is 0 Å². The molecule has 1 aromatic carbocycles. The van der Waals surface area contributed by atoms with E-state index in [-0.39, 0.29) is 11.0 Å². The molecule has 0 radical (unpaired) electrons. The lowest BCUT2D eigenvalue weighted by Crippen LogP contribution is -2.20. The summed E-state index contributed by atoms with van der Waals surface area (Å²) >= 11 is 6.06. The molecule has 1 N–H and O–H groups in total. The molecular formula is C13H18ClNO3S. The number of hydrogen-bond donors (Lipinski definition) is 1. The molecule has 1 aromatic rings. The number of ether oxygens (including phenoxy) is 1. The van der Waals surface area contributed by atoms with Crippen LogP contribution < -0.4 is 5.32 Å². The van der Waals surface area contributed by atoms with Gasteiger partial charge >= 0.3 is 0 Å². The summed E-state index contributed by atoms with van der Waals surface area (Å²) in [6, 6.07) is 4.67. The largest absolute Gasteiger partial charge is 0.381 e. The van der Waals surface area contributed by atoms with Crippen LogP contribution in [0.4, 0.5) is 5.69 Å². The van der Waals surface area contributed by atoms with E-state index in [2.05, 4.69) is 12.2 Å². The molecule has 1 fully saturated rings. The molecular weight excluding hydrogens is 286 g/mol. The normalized spacial score (nSPS) is 23.5. The quantitative estimate of drug-likeness (QED) is 0.929. The molecule has 0 amide bonds. The van der Waals surface area contributed by atoms with Gasteiger partial charge in [-0.1, -0.05) is 11.6 Å². The maximum Gasteiger partial charge on any atom is 0.175 e. The third kappa shape index (κ3) is 3.84. The monoisotopic (exact) mass is 303 g/mol. The second-order valence-electron chi connectivity index (χ2n) is 4.94. The van der Waals surface area contributed by atoms with Crippen LogP contribution in [0.15, 0.2) is 23.1 Å². The number of sulfone groups is 1. The van der Waals surface area contributed by atoms with Gasteiger partial charge in [-0.15, -0.1) is 0 Å². The van der Waals surface area contributed by atoms with Crippen molar-refractivity contribution in [3.8, 4) is 0 Å². The third-order valence-electron chi connectivity index (χ3n) is 3.21. The second-order valence-corrected chi connectivity index (χ2v) is 7.36. The number of benzene rings is 1. The number of nitrogens with one attached hydrogen (secondary N) is 1. The zero-order chi connectivity index (χ0) is 14.0. The molecule has 106 valence electrons. The molecule has 2 atom stereocenters. The lowest BCUT2D eigenvalue weighted by atomic mass is 10.2. The molecule has 1 saturated heterocycles. The van der Waals surface area contributed by atoms with E-state index in [1.54, 1.807) is 12.1 Å². The van der Waals surface area contributed by atoms with Crippen molar-refractivity contribution in [2.75, 3.05) is 18.1 Å². The molecule has 1 aliphatic heterocycles. The molecule has 1 heterocycles. The van der Waals surface area contributed by atoms with Crippen molar-refractivity contribution in [1.29, 1.82) is 0 Å². The standard InChI is InChI=1S/C13H18ClNO3S/c1-9-3-4-10(18-9)8-15-13-7-11(19(2,16)17)5-6-12(13)14/h5-7,9-10,15H,3-4,8H2,1-2H3. The van der Waals surface area contributed by atoms with E-state index in [4.69, 9.17) is 16.3 Å². The van der Waals surface area contributed by atoms with Gasteiger partial charge < -0.3 is 10.1 Å². The molecule has 0 saturated carbocycles. The van der Waals surface area contributed by atoms with E-state index in [1.807, 2.05) is 0 Å². The first kappa shape index (κ1) is 14.6. The Morgan fingerprint density at radius 2 is 2.16 bits per heavy atom. The predicted octanol–water partition coefficient (Wildman–Crippen LogP) is 2.72. The van der Waals surface area contributed by atoms with Gasteiger partial charge in [0.05, 0.1) is 27.8 Å². The average Bonchev–Trinajstić information content (AvgIpc) is 2.72. The average molecular weight is 304 g/mol. The molecule has 0 spiro atoms. The number of anilines is 1. The summed E-state index contributed by atoms with van der Waals surface area (Å²) in [4.78, 5) is 0.264. The zero-order valence-corrected chi connectivity index (χ0v) is 12.6. The highest BCUT2D eigenvalue weighted by Crippen LogP contribution is 2.26. The summed E-state index contributed by atoms with van der Waals surface area (Å²) in [5.74, 6) is 0. The SMILES string of the molecule is CC1CCC(CNc2cc(S(C)(=O)=O)ccc2Cl)O1. The van der Waals surface area contributed by atoms with Crippen LogP contribution in [0, 0.1) is 0 Å². The van der Waals surface area contributed by atoms with Gasteiger partial charge in [-0.2, -0.15) is 0 Å². The van der Waals surface area contributed by atoms with Crippen molar-refractivity contribution >= 4 is 27.1 Å². The number of halogens is 1. The Morgan fingerprint density at radius 3 is 2.74 bits per heavy atom. The Labute approximate surface area is 119 Å². The smallest absolute Gasteiger partial charge is 0.175 e. The Balaban J connectivity index is 2.07. The summed E-state index contributed by atoms with van der Waals surface area (Å²) < 4.78 is 28.7. The van der Waals surface area contributed by atoms with Gasteiger partial charge in [-0.3, -0.25) is 0 Å². The van der Waals surface area contributed by atoms with Gasteiger partial charge in [0, 0.05) is 12.8 Å². The van der Waals surface area contributed by atoms with Gasteiger partial charge in [0.15, 0.2) is 9.84 Å². The first-order valence-corrected chi connectivity index (χ1v) is 8.52. The summed E-state index contributed by atoms with van der Waals surface area (Å²) in [6.07, 6.45) is 3.71. The Hall–Kier alpha value is -0.780. The van der Waals surface area contributed by atoms with Gasteiger partial charge in [-0.25, -0.2) is 8.42 Å². The van der Waals surface area contributed by atoms with Crippen molar-refractivity contribution in [3.63, 3.8) is 0 Å². The molecule has 2 rings (SSSR count). The maximum absolute atomic E-state index is 11.5. The molecule has 0 aromatic heterocycles. The lowest BCUT2D eigenvalue weighted by Gasteiger charge is -2.14. The first-order chi connectivity index (χ1) is 8.86. The summed E-state index contributed by atoms with van der Waals surface area (Å²) in [7, 11) is -3.22. The van der Waals surface area contributed by atoms with E-state index in [0.29, 0.717) is 23.4 Å². The summed E-state index contributed by atoms with van der Waals surface area (Å²) in [6.45, 7) is 2.69. The Bertz CT molecular complexity index is 559. The number of hydrogen-bond acceptors (Lipinski definition) is 4. The Morgan fingerprint density at radius 1 is 1.42 bits per heavy atom. The van der Waals surface area contributed by atoms with Gasteiger partial charge in [0.2, 0.25) is 0 Å². The van der Waals surface area contributed by atoms with Gasteiger partial charge in [0.1, 0.15) is 0 Å². The topological polar surface area (TPSA) is 55.4 Å². The summed E-state index contributed by atoms with van der Waals surface area (Å²) in [5.41, 5.74) is 0.632. The van der Waals surface area contributed by atoms with Crippen molar-refractivity contribution < 1.29 is 13.2 Å². The molecule has 0 aliphatic carbocycles. The Kier molecular flexibility index (Phi) is 4.38. The van der Waals surface area contributed by atoms with Crippen molar-refractivity contribution in [1.82, 2.24) is 0 Å². The molecule has 4 nitrogen and oxygen atoms in total. The second kappa shape index (κ2) is 5.69. The third-order valence-corrected chi connectivity index (χ3v) is 4.65. The highest BCUT2D eigenvalue weighted by molar-refractivity contribution is 7.90. The first-order valence-electron chi connectivity index (χ1n) is 6.25. The van der Waals surface area contributed by atoms with Gasteiger partial charge in [-0.05, 0) is 38.0 Å². The lowest BCUT2D eigenvalue weighted by molar-refractivity contribution is 0.0637. The minimum Gasteiger partial charge on any atom is -0.381 e. The maximum atomic E-state index is 11.5. The molecule has 0 bridgehead atoms. The molecule has 19 heavy (non-hydrogen) atoms. The van der Waals surface area contributed by atoms with E-state index >= 15 is 0 Å². The van der Waals surface area contributed by atoms with E-state index in [1.165, 1.54) is 12.3 Å². The van der Waals surface area contributed by atoms with Crippen LogP contribution in [0.25, 0.3) is 0 Å². The van der Waals surface area contributed by atoms with Crippen LogP contribution in [0.2, 0.25) is 5.02 Å². The van der Waals surface area contributed by atoms with E-state index in [0.717, 1.165) is 12.8 Å². The number of rotatable bonds is 4. The fraction of sp³-hybridized carbons (Fsp3) is 0.538. The van der Waals surface area contributed by atoms with Crippen molar-refractivity contribution in [3.05, 3.63) is 23.2 Å². The van der Waals surface area contributed by atoms with Crippen LogP contribution in [-0.2, 0) is 14.6 Å². The van der Waals surface area contributed by atoms with E-state index < -0.39 is 9.84 Å². The predicted molar refractivity (Wildman–Crippen MR) is 76.6 cm³/mol. The zero-order valence-electron chi connectivity index (χ0n) is 11.0. The fourth-order valence-electron chi connectivity index (χ4n) is 2.13. The van der Waals surface area contributed by atoms with E-state index in [9.17, 15) is 8.42 Å². The van der Waals surface area contributed by atoms with Crippen molar-refractivity contribution in [2.24, 2.45) is 0 Å². The highest BCUT2D eigenvalue weighted by Gasteiger charge is 2.21.